The first-order valence-corrected chi connectivity index (χ1v) is 17.4. The van der Waals surface area contributed by atoms with Gasteiger partial charge in [0.25, 0.3) is 0 Å². The molecule has 0 bridgehead atoms. The van der Waals surface area contributed by atoms with Crippen LogP contribution < -0.4 is 48.3 Å². The molecule has 0 aromatic heterocycles. The number of aliphatic hydroxyl groups excluding tert-OH is 1. The fourth-order valence-electron chi connectivity index (χ4n) is 4.48. The van der Waals surface area contributed by atoms with E-state index in [1.54, 1.807) is 0 Å². The van der Waals surface area contributed by atoms with Crippen molar-refractivity contribution in [3.63, 3.8) is 0 Å². The summed E-state index contributed by atoms with van der Waals surface area (Å²) in [5.41, 5.74) is 5.27. The van der Waals surface area contributed by atoms with Gasteiger partial charge in [0.1, 0.15) is 36.8 Å². The van der Waals surface area contributed by atoms with Crippen LogP contribution in [-0.2, 0) is 57.5 Å². The van der Waals surface area contributed by atoms with Gasteiger partial charge in [0, 0.05) is 46.4 Å². The average Bonchev–Trinajstić information content (AvgIpc) is 3.12. The van der Waals surface area contributed by atoms with Gasteiger partial charge in [-0.1, -0.05) is 0 Å². The summed E-state index contributed by atoms with van der Waals surface area (Å²) in [4.78, 5) is 146. The fraction of sp³-hybridized carbons (Fsp3) is 0.625. The summed E-state index contributed by atoms with van der Waals surface area (Å²) in [6, 6.07) is -6.82. The topological polar surface area (TPSA) is 391 Å². The maximum atomic E-state index is 13.3. The summed E-state index contributed by atoms with van der Waals surface area (Å²) >= 11 is 0. The Balaban J connectivity index is 5.70. The standard InChI is InChI=1S/C32H52N10O15/c1-16(37-18(3)44)28(53)38-17(2)29(54)41-21(13-22(33)45)32(57)40-20(9-12-42(4)25(48)15-43)31(56)35-11-10-34-30(55)19(5-7-26(49)50)39-24(47)14-36-23(46)6-8-27(51)52/h16-17,19-21,43H,5-15H2,1-4H3,(H2,33,45)(H,34,55)(H,35,56)(H,36,46)(H,37,44)(H,38,53)(H,39,47)(H,40,57)(H,41,54)(H,49,50)(H,51,52)/t16-,17+,19+,20-,21-/m0/s1. The molecule has 57 heavy (non-hydrogen) atoms. The van der Waals surface area contributed by atoms with Gasteiger partial charge < -0.3 is 68.5 Å². The number of hydrogen-bond donors (Lipinski definition) is 12. The zero-order valence-corrected chi connectivity index (χ0v) is 31.9. The average molecular weight is 817 g/mol. The quantitative estimate of drug-likeness (QED) is 0.0343. The number of aliphatic carboxylic acids is 2. The number of nitrogens with one attached hydrogen (secondary N) is 8. The van der Waals surface area contributed by atoms with Crippen molar-refractivity contribution in [2.45, 2.75) is 89.5 Å². The van der Waals surface area contributed by atoms with Crippen LogP contribution in [0.2, 0.25) is 0 Å². The zero-order valence-electron chi connectivity index (χ0n) is 31.9. The molecule has 0 saturated heterocycles. The molecule has 0 saturated carbocycles. The molecule has 0 unspecified atom stereocenters. The Morgan fingerprint density at radius 3 is 1.61 bits per heavy atom. The molecule has 0 aliphatic carbocycles. The first kappa shape index (κ1) is 50.6. The summed E-state index contributed by atoms with van der Waals surface area (Å²) in [5.74, 6) is -10.9. The van der Waals surface area contributed by atoms with Gasteiger partial charge in [-0.25, -0.2) is 0 Å². The van der Waals surface area contributed by atoms with Crippen molar-refractivity contribution in [3.05, 3.63) is 0 Å². The highest BCUT2D eigenvalue weighted by molar-refractivity contribution is 5.97. The Kier molecular flexibility index (Phi) is 23.4. The molecule has 25 nitrogen and oxygen atoms in total. The number of hydrogen-bond acceptors (Lipinski definition) is 13. The smallest absolute Gasteiger partial charge is 0.303 e. The van der Waals surface area contributed by atoms with Crippen LogP contribution in [0.3, 0.4) is 0 Å². The molecule has 0 aromatic rings. The monoisotopic (exact) mass is 816 g/mol. The second kappa shape index (κ2) is 26.4. The molecule has 0 aromatic carbocycles. The summed E-state index contributed by atoms with van der Waals surface area (Å²) in [6.07, 6.45) is -2.83. The van der Waals surface area contributed by atoms with E-state index in [0.29, 0.717) is 0 Å². The largest absolute Gasteiger partial charge is 0.481 e. The van der Waals surface area contributed by atoms with E-state index < -0.39 is 140 Å². The minimum absolute atomic E-state index is 0.193. The second-order valence-corrected chi connectivity index (χ2v) is 12.5. The van der Waals surface area contributed by atoms with E-state index >= 15 is 0 Å². The fourth-order valence-corrected chi connectivity index (χ4v) is 4.48. The van der Waals surface area contributed by atoms with E-state index in [1.165, 1.54) is 27.8 Å². The van der Waals surface area contributed by atoms with E-state index in [1.807, 2.05) is 0 Å². The Bertz CT molecular complexity index is 1510. The number of carboxylic acids is 2. The second-order valence-electron chi connectivity index (χ2n) is 12.5. The van der Waals surface area contributed by atoms with Gasteiger partial charge in [-0.3, -0.25) is 57.5 Å². The minimum atomic E-state index is -1.66. The van der Waals surface area contributed by atoms with Gasteiger partial charge in [-0.2, -0.15) is 0 Å². The van der Waals surface area contributed by atoms with Crippen molar-refractivity contribution in [2.24, 2.45) is 5.73 Å². The van der Waals surface area contributed by atoms with Gasteiger partial charge in [-0.05, 0) is 26.7 Å². The van der Waals surface area contributed by atoms with E-state index in [-0.39, 0.29) is 32.5 Å². The van der Waals surface area contributed by atoms with Crippen LogP contribution in [0.1, 0.15) is 59.3 Å². The number of carbonyl (C=O) groups is 12. The highest BCUT2D eigenvalue weighted by Gasteiger charge is 2.31. The normalized spacial score (nSPS) is 13.1. The summed E-state index contributed by atoms with van der Waals surface area (Å²) in [6.45, 7) is 1.48. The third-order valence-corrected chi connectivity index (χ3v) is 7.58. The number of likely N-dealkylation sites (N-methyl/N-ethyl adjacent to an activating group) is 1. The molecule has 0 rings (SSSR count). The molecule has 0 aliphatic rings. The lowest BCUT2D eigenvalue weighted by molar-refractivity contribution is -0.139. The van der Waals surface area contributed by atoms with Gasteiger partial charge in [0.2, 0.25) is 59.1 Å². The van der Waals surface area contributed by atoms with Crippen molar-refractivity contribution in [2.75, 3.05) is 39.8 Å². The summed E-state index contributed by atoms with van der Waals surface area (Å²) < 4.78 is 0. The molecule has 10 amide bonds. The first-order valence-electron chi connectivity index (χ1n) is 17.4. The van der Waals surface area contributed by atoms with Crippen molar-refractivity contribution in [3.8, 4) is 0 Å². The van der Waals surface area contributed by atoms with Gasteiger partial charge >= 0.3 is 11.9 Å². The van der Waals surface area contributed by atoms with Crippen molar-refractivity contribution in [1.82, 2.24) is 47.4 Å². The van der Waals surface area contributed by atoms with Crippen LogP contribution in [0.5, 0.6) is 0 Å². The lowest BCUT2D eigenvalue weighted by Gasteiger charge is -2.25. The van der Waals surface area contributed by atoms with Crippen LogP contribution in [-0.4, -0.2) is 161 Å². The first-order chi connectivity index (χ1) is 26.6. The Morgan fingerprint density at radius 1 is 0.596 bits per heavy atom. The lowest BCUT2D eigenvalue weighted by Crippen LogP contribution is -2.58. The van der Waals surface area contributed by atoms with E-state index in [4.69, 9.17) is 21.1 Å². The molecular weight excluding hydrogens is 764 g/mol. The molecular formula is C32H52N10O15. The molecule has 0 aliphatic heterocycles. The number of carbonyl (C=O) groups excluding carboxylic acids is 10. The van der Waals surface area contributed by atoms with Gasteiger partial charge in [-0.15, -0.1) is 0 Å². The number of primary amides is 1. The van der Waals surface area contributed by atoms with Crippen molar-refractivity contribution in [1.29, 1.82) is 0 Å². The highest BCUT2D eigenvalue weighted by atomic mass is 16.4. The van der Waals surface area contributed by atoms with Gasteiger partial charge in [0.15, 0.2) is 0 Å². The molecule has 320 valence electrons. The number of nitrogens with zero attached hydrogens (tertiary/aromatic N) is 1. The molecule has 25 heteroatoms. The van der Waals surface area contributed by atoms with Crippen molar-refractivity contribution < 1.29 is 72.9 Å². The maximum Gasteiger partial charge on any atom is 0.303 e. The third kappa shape index (κ3) is 22.5. The Labute approximate surface area is 326 Å². The molecule has 0 spiro atoms. The van der Waals surface area contributed by atoms with Crippen LogP contribution >= 0.6 is 0 Å². The number of carboxylic acid groups (broad SMARTS) is 2. The third-order valence-electron chi connectivity index (χ3n) is 7.58. The number of rotatable bonds is 27. The zero-order chi connectivity index (χ0) is 43.8. The van der Waals surface area contributed by atoms with Gasteiger partial charge in [0.05, 0.1) is 19.4 Å². The summed E-state index contributed by atoms with van der Waals surface area (Å²) in [7, 11) is 1.30. The highest BCUT2D eigenvalue weighted by Crippen LogP contribution is 2.02. The minimum Gasteiger partial charge on any atom is -0.481 e. The molecule has 5 atom stereocenters. The van der Waals surface area contributed by atoms with Crippen molar-refractivity contribution >= 4 is 71.0 Å². The number of aliphatic hydroxyl groups is 1. The van der Waals surface area contributed by atoms with Crippen LogP contribution in [0.25, 0.3) is 0 Å². The number of nitrogens with two attached hydrogens (primary N) is 1. The summed E-state index contributed by atoms with van der Waals surface area (Å²) in [5, 5.41) is 45.4. The maximum absolute atomic E-state index is 13.3. The molecule has 0 radical (unpaired) electrons. The van der Waals surface area contributed by atoms with E-state index in [0.717, 1.165) is 4.90 Å². The lowest BCUT2D eigenvalue weighted by atomic mass is 10.1. The van der Waals surface area contributed by atoms with E-state index in [2.05, 4.69) is 42.5 Å². The predicted octanol–water partition coefficient (Wildman–Crippen LogP) is -6.74. The molecule has 0 heterocycles. The van der Waals surface area contributed by atoms with Crippen LogP contribution in [0.15, 0.2) is 0 Å². The molecule has 0 fully saturated rings. The van der Waals surface area contributed by atoms with Crippen LogP contribution in [0.4, 0.5) is 0 Å². The SMILES string of the molecule is CC(=O)N[C@@H](C)C(=O)N[C@H](C)C(=O)N[C@@H](CC(N)=O)C(=O)N[C@@H](CCN(C)C(=O)CO)C(=O)NCCNC(=O)[C@@H](CCC(=O)O)NC(=O)CNC(=O)CCC(=O)O. The van der Waals surface area contributed by atoms with Crippen LogP contribution in [0, 0.1) is 0 Å². The van der Waals surface area contributed by atoms with E-state index in [9.17, 15) is 57.5 Å². The predicted molar refractivity (Wildman–Crippen MR) is 193 cm³/mol. The number of amides is 10. The Morgan fingerprint density at radius 2 is 1.11 bits per heavy atom. The Hall–Kier alpha value is -6.40. The molecule has 13 N–H and O–H groups in total.